The highest BCUT2D eigenvalue weighted by atomic mass is 79.9. The SMILES string of the molecule is C[Si](C)(C)CCOc1nc(O[C@H]2CCc3c(-c4cccc(Br)c4Cl)cccc32)ccc1C=O. The van der Waals surface area contributed by atoms with E-state index < -0.39 is 8.07 Å². The molecule has 0 unspecified atom stereocenters. The topological polar surface area (TPSA) is 48.4 Å². The Morgan fingerprint density at radius 1 is 1.12 bits per heavy atom. The molecule has 1 heterocycles. The van der Waals surface area contributed by atoms with E-state index >= 15 is 0 Å². The third-order valence-electron chi connectivity index (χ3n) is 5.80. The number of rotatable bonds is 8. The minimum atomic E-state index is -1.25. The molecule has 0 aliphatic heterocycles. The summed E-state index contributed by atoms with van der Waals surface area (Å²) in [6, 6.07) is 16.7. The summed E-state index contributed by atoms with van der Waals surface area (Å²) in [5.41, 5.74) is 4.97. The molecule has 1 aromatic heterocycles. The molecule has 3 aromatic rings. The first-order valence-corrected chi connectivity index (χ1v) is 16.0. The van der Waals surface area contributed by atoms with Gasteiger partial charge in [-0.05, 0) is 63.6 Å². The third-order valence-corrected chi connectivity index (χ3v) is 8.80. The fourth-order valence-electron chi connectivity index (χ4n) is 4.01. The summed E-state index contributed by atoms with van der Waals surface area (Å²) in [7, 11) is -1.25. The van der Waals surface area contributed by atoms with Gasteiger partial charge >= 0.3 is 0 Å². The number of hydrogen-bond acceptors (Lipinski definition) is 4. The Kier molecular flexibility index (Phi) is 7.27. The van der Waals surface area contributed by atoms with Crippen molar-refractivity contribution in [2.45, 2.75) is 44.6 Å². The molecule has 1 aliphatic rings. The maximum Gasteiger partial charge on any atom is 0.227 e. The summed E-state index contributed by atoms with van der Waals surface area (Å²) in [4.78, 5) is 16.0. The molecule has 0 saturated heterocycles. The van der Waals surface area contributed by atoms with E-state index in [1.165, 1.54) is 5.56 Å². The van der Waals surface area contributed by atoms with Gasteiger partial charge in [-0.2, -0.15) is 4.98 Å². The van der Waals surface area contributed by atoms with E-state index in [1.807, 2.05) is 24.3 Å². The normalized spacial score (nSPS) is 15.2. The Labute approximate surface area is 209 Å². The zero-order valence-corrected chi connectivity index (χ0v) is 22.4. The van der Waals surface area contributed by atoms with Crippen LogP contribution in [0.3, 0.4) is 0 Å². The molecule has 1 aliphatic carbocycles. The van der Waals surface area contributed by atoms with Gasteiger partial charge in [0.15, 0.2) is 6.29 Å². The largest absolute Gasteiger partial charge is 0.477 e. The van der Waals surface area contributed by atoms with Gasteiger partial charge in [-0.3, -0.25) is 4.79 Å². The van der Waals surface area contributed by atoms with Crippen LogP contribution in [0, 0.1) is 0 Å². The second-order valence-electron chi connectivity index (χ2n) is 9.44. The van der Waals surface area contributed by atoms with Gasteiger partial charge in [-0.25, -0.2) is 0 Å². The van der Waals surface area contributed by atoms with Gasteiger partial charge in [0.25, 0.3) is 0 Å². The van der Waals surface area contributed by atoms with E-state index in [-0.39, 0.29) is 6.10 Å². The molecule has 7 heteroatoms. The van der Waals surface area contributed by atoms with Crippen molar-refractivity contribution in [3.05, 3.63) is 74.7 Å². The molecule has 4 nitrogen and oxygen atoms in total. The van der Waals surface area contributed by atoms with Gasteiger partial charge in [-0.1, -0.05) is 61.6 Å². The fourth-order valence-corrected chi connectivity index (χ4v) is 5.32. The first kappa shape index (κ1) is 24.0. The molecular formula is C26H27BrClNO3Si. The number of pyridine rings is 1. The van der Waals surface area contributed by atoms with Gasteiger partial charge in [0.05, 0.1) is 17.2 Å². The highest BCUT2D eigenvalue weighted by Gasteiger charge is 2.28. The lowest BCUT2D eigenvalue weighted by atomic mass is 9.96. The summed E-state index contributed by atoms with van der Waals surface area (Å²) < 4.78 is 13.0. The summed E-state index contributed by atoms with van der Waals surface area (Å²) in [5, 5.41) is 0.710. The number of aldehydes is 1. The van der Waals surface area contributed by atoms with Crippen LogP contribution >= 0.6 is 27.5 Å². The van der Waals surface area contributed by atoms with Crippen LogP contribution in [-0.4, -0.2) is 26.0 Å². The van der Waals surface area contributed by atoms with Crippen molar-refractivity contribution in [2.24, 2.45) is 0 Å². The molecule has 0 spiro atoms. The van der Waals surface area contributed by atoms with Crippen molar-refractivity contribution in [2.75, 3.05) is 6.61 Å². The number of hydrogen-bond donors (Lipinski definition) is 0. The summed E-state index contributed by atoms with van der Waals surface area (Å²) in [5.74, 6) is 0.806. The van der Waals surface area contributed by atoms with E-state index in [9.17, 15) is 4.79 Å². The monoisotopic (exact) mass is 543 g/mol. The Bertz CT molecular complexity index is 1180. The number of fused-ring (bicyclic) bond motifs is 1. The van der Waals surface area contributed by atoms with Crippen molar-refractivity contribution in [3.8, 4) is 22.9 Å². The molecule has 1 atom stereocenters. The maximum absolute atomic E-state index is 11.5. The highest BCUT2D eigenvalue weighted by molar-refractivity contribution is 9.10. The van der Waals surface area contributed by atoms with Gasteiger partial charge < -0.3 is 9.47 Å². The first-order chi connectivity index (χ1) is 15.8. The lowest BCUT2D eigenvalue weighted by molar-refractivity contribution is 0.111. The van der Waals surface area contributed by atoms with E-state index in [4.69, 9.17) is 21.1 Å². The Balaban J connectivity index is 1.57. The van der Waals surface area contributed by atoms with Gasteiger partial charge in [-0.15, -0.1) is 0 Å². The standard InChI is InChI=1S/C26H27BrClNO3Si/c1-33(2,3)15-14-31-26-17(16-30)10-13-24(29-26)32-23-12-11-19-18(6-4-7-20(19)23)21-8-5-9-22(27)25(21)28/h4-10,13,16,23H,11-12,14-15H2,1-3H3/t23-/m0/s1. The molecule has 0 fully saturated rings. The molecule has 2 aromatic carbocycles. The quantitative estimate of drug-likeness (QED) is 0.215. The summed E-state index contributed by atoms with van der Waals surface area (Å²) in [6.45, 7) is 7.42. The average molecular weight is 545 g/mol. The lowest BCUT2D eigenvalue weighted by Gasteiger charge is -2.18. The van der Waals surface area contributed by atoms with E-state index in [0.29, 0.717) is 29.0 Å². The number of nitrogens with zero attached hydrogens (tertiary/aromatic N) is 1. The minimum Gasteiger partial charge on any atom is -0.477 e. The molecule has 0 saturated carbocycles. The van der Waals surface area contributed by atoms with Crippen LogP contribution in [0.4, 0.5) is 0 Å². The molecule has 0 N–H and O–H groups in total. The second-order valence-corrected chi connectivity index (χ2v) is 16.3. The number of halogens is 2. The minimum absolute atomic E-state index is 0.115. The molecule has 172 valence electrons. The van der Waals surface area contributed by atoms with Crippen molar-refractivity contribution in [1.29, 1.82) is 0 Å². The van der Waals surface area contributed by atoms with Crippen LogP contribution in [0.15, 0.2) is 53.0 Å². The molecular weight excluding hydrogens is 518 g/mol. The second kappa shape index (κ2) is 10.00. The zero-order valence-electron chi connectivity index (χ0n) is 19.0. The van der Waals surface area contributed by atoms with Crippen LogP contribution in [0.5, 0.6) is 11.8 Å². The molecule has 33 heavy (non-hydrogen) atoms. The van der Waals surface area contributed by atoms with Gasteiger partial charge in [0.1, 0.15) is 6.10 Å². The van der Waals surface area contributed by atoms with Crippen molar-refractivity contribution >= 4 is 41.9 Å². The van der Waals surface area contributed by atoms with E-state index in [2.05, 4.69) is 52.7 Å². The van der Waals surface area contributed by atoms with Crippen LogP contribution < -0.4 is 9.47 Å². The van der Waals surface area contributed by atoms with Crippen molar-refractivity contribution in [3.63, 3.8) is 0 Å². The number of carbonyl (C=O) groups is 1. The van der Waals surface area contributed by atoms with Crippen LogP contribution in [0.25, 0.3) is 11.1 Å². The third kappa shape index (κ3) is 5.50. The predicted molar refractivity (Wildman–Crippen MR) is 140 cm³/mol. The summed E-state index contributed by atoms with van der Waals surface area (Å²) in [6.07, 6.45) is 2.40. The van der Waals surface area contributed by atoms with Gasteiger partial charge in [0, 0.05) is 24.2 Å². The maximum atomic E-state index is 11.5. The first-order valence-electron chi connectivity index (χ1n) is 11.1. The number of carbonyl (C=O) groups excluding carboxylic acids is 1. The average Bonchev–Trinajstić information content (AvgIpc) is 3.18. The molecule has 0 radical (unpaired) electrons. The van der Waals surface area contributed by atoms with Crippen molar-refractivity contribution in [1.82, 2.24) is 4.98 Å². The highest BCUT2D eigenvalue weighted by Crippen LogP contribution is 2.43. The van der Waals surface area contributed by atoms with Crippen LogP contribution in [0.1, 0.15) is 34.0 Å². The molecule has 4 rings (SSSR count). The molecule has 0 amide bonds. The number of benzene rings is 2. The van der Waals surface area contributed by atoms with Crippen molar-refractivity contribution < 1.29 is 14.3 Å². The lowest BCUT2D eigenvalue weighted by Crippen LogP contribution is -2.22. The number of aromatic nitrogens is 1. The van der Waals surface area contributed by atoms with E-state index in [0.717, 1.165) is 46.3 Å². The Hall–Kier alpha value is -2.15. The zero-order chi connectivity index (χ0) is 23.6. The fraction of sp³-hybridized carbons (Fsp3) is 0.308. The Morgan fingerprint density at radius 2 is 1.88 bits per heavy atom. The van der Waals surface area contributed by atoms with Crippen LogP contribution in [0.2, 0.25) is 30.7 Å². The predicted octanol–water partition coefficient (Wildman–Crippen LogP) is 7.76. The Morgan fingerprint density at radius 3 is 2.64 bits per heavy atom. The summed E-state index contributed by atoms with van der Waals surface area (Å²) >= 11 is 10.1. The smallest absolute Gasteiger partial charge is 0.227 e. The van der Waals surface area contributed by atoms with Gasteiger partial charge in [0.2, 0.25) is 11.8 Å². The van der Waals surface area contributed by atoms with E-state index in [1.54, 1.807) is 12.1 Å². The number of ether oxygens (including phenoxy) is 2. The van der Waals surface area contributed by atoms with Crippen LogP contribution in [-0.2, 0) is 6.42 Å². The molecule has 0 bridgehead atoms.